The molecule has 1 unspecified atom stereocenters. The van der Waals surface area contributed by atoms with Crippen molar-refractivity contribution in [2.24, 2.45) is 0 Å². The third-order valence-electron chi connectivity index (χ3n) is 4.55. The number of benzene rings is 2. The number of anilines is 1. The van der Waals surface area contributed by atoms with Gasteiger partial charge in [-0.1, -0.05) is 26.0 Å². The van der Waals surface area contributed by atoms with Crippen LogP contribution in [0.1, 0.15) is 20.8 Å². The average Bonchev–Trinajstić information content (AvgIpc) is 3.17. The lowest BCUT2D eigenvalue weighted by atomic mass is 10.2. The molecule has 2 heterocycles. The van der Waals surface area contributed by atoms with Crippen molar-refractivity contribution in [1.29, 1.82) is 0 Å². The van der Waals surface area contributed by atoms with Gasteiger partial charge in [-0.15, -0.1) is 5.10 Å². The number of carbonyl (C=O) groups excluding carboxylic acids is 1. The zero-order chi connectivity index (χ0) is 22.0. The van der Waals surface area contributed by atoms with E-state index in [2.05, 4.69) is 15.4 Å². The van der Waals surface area contributed by atoms with E-state index in [0.717, 1.165) is 16.2 Å². The van der Waals surface area contributed by atoms with Gasteiger partial charge in [-0.2, -0.15) is 0 Å². The summed E-state index contributed by atoms with van der Waals surface area (Å²) in [5.74, 6) is 0.886. The Morgan fingerprint density at radius 2 is 1.74 bits per heavy atom. The molecule has 0 radical (unpaired) electrons. The first-order valence-corrected chi connectivity index (χ1v) is 11.0. The number of hydrogen-bond acceptors (Lipinski definition) is 5. The van der Waals surface area contributed by atoms with Crippen molar-refractivity contribution in [3.05, 3.63) is 66.9 Å². The third kappa shape index (κ3) is 4.64. The molecule has 4 rings (SSSR count). The molecule has 0 aliphatic rings. The fourth-order valence-electron chi connectivity index (χ4n) is 3.07. The Morgan fingerprint density at radius 3 is 2.39 bits per heavy atom. The molecular weight excluding hydrogens is 412 g/mol. The molecule has 1 N–H and O–H groups in total. The number of imidazole rings is 1. The highest BCUT2D eigenvalue weighted by atomic mass is 32.2. The van der Waals surface area contributed by atoms with Crippen molar-refractivity contribution >= 4 is 28.0 Å². The smallest absolute Gasteiger partial charge is 0.237 e. The van der Waals surface area contributed by atoms with Gasteiger partial charge in [-0.05, 0) is 42.5 Å². The zero-order valence-corrected chi connectivity index (χ0v) is 18.2. The lowest BCUT2D eigenvalue weighted by Crippen LogP contribution is -2.05. The first kappa shape index (κ1) is 20.7. The van der Waals surface area contributed by atoms with E-state index in [0.29, 0.717) is 23.0 Å². The number of amides is 1. The second kappa shape index (κ2) is 8.69. The summed E-state index contributed by atoms with van der Waals surface area (Å²) in [5, 5.41) is 7.35. The Hall–Kier alpha value is -3.52. The number of nitrogens with zero attached hydrogens (tertiary/aromatic N) is 3. The first-order chi connectivity index (χ1) is 14.9. The molecule has 0 bridgehead atoms. The molecule has 8 heteroatoms. The number of fused-ring (bicyclic) bond motifs is 1. The minimum absolute atomic E-state index is 0.0651. The van der Waals surface area contributed by atoms with E-state index in [4.69, 9.17) is 4.74 Å². The van der Waals surface area contributed by atoms with E-state index in [1.807, 2.05) is 44.2 Å². The van der Waals surface area contributed by atoms with Crippen molar-refractivity contribution in [2.45, 2.75) is 30.9 Å². The van der Waals surface area contributed by atoms with Crippen LogP contribution in [-0.4, -0.2) is 30.0 Å². The molecule has 0 aliphatic heterocycles. The average molecular weight is 435 g/mol. The highest BCUT2D eigenvalue weighted by Crippen LogP contribution is 2.25. The molecule has 0 saturated carbocycles. The van der Waals surface area contributed by atoms with Crippen LogP contribution >= 0.6 is 0 Å². The summed E-state index contributed by atoms with van der Waals surface area (Å²) in [5.41, 5.74) is 3.12. The van der Waals surface area contributed by atoms with Crippen LogP contribution in [0.25, 0.3) is 16.9 Å². The van der Waals surface area contributed by atoms with Crippen LogP contribution in [0, 0.1) is 0 Å². The van der Waals surface area contributed by atoms with Gasteiger partial charge in [0.25, 0.3) is 0 Å². The Labute approximate surface area is 182 Å². The number of carbonyl (C=O) groups is 1. The largest absolute Gasteiger partial charge is 0.438 e. The monoisotopic (exact) mass is 434 g/mol. The van der Waals surface area contributed by atoms with Crippen LogP contribution in [0.3, 0.4) is 0 Å². The van der Waals surface area contributed by atoms with Crippen LogP contribution in [0.4, 0.5) is 5.69 Å². The molecule has 7 nitrogen and oxygen atoms in total. The normalized spacial score (nSPS) is 12.1. The van der Waals surface area contributed by atoms with Crippen LogP contribution < -0.4 is 10.1 Å². The number of ether oxygens (including phenoxy) is 1. The minimum Gasteiger partial charge on any atom is -0.438 e. The maximum Gasteiger partial charge on any atom is 0.237 e. The Kier molecular flexibility index (Phi) is 5.81. The Morgan fingerprint density at radius 1 is 1.03 bits per heavy atom. The maximum absolute atomic E-state index is 12.3. The van der Waals surface area contributed by atoms with Gasteiger partial charge in [0.1, 0.15) is 5.75 Å². The van der Waals surface area contributed by atoms with Gasteiger partial charge >= 0.3 is 0 Å². The van der Waals surface area contributed by atoms with Gasteiger partial charge < -0.3 is 10.1 Å². The molecule has 1 amide bonds. The van der Waals surface area contributed by atoms with Crippen LogP contribution in [0.2, 0.25) is 0 Å². The van der Waals surface area contributed by atoms with Gasteiger partial charge in [0.2, 0.25) is 11.8 Å². The van der Waals surface area contributed by atoms with Gasteiger partial charge in [-0.3, -0.25) is 9.00 Å². The van der Waals surface area contributed by atoms with Gasteiger partial charge in [0.05, 0.1) is 22.7 Å². The molecule has 2 aromatic heterocycles. The quantitative estimate of drug-likeness (QED) is 0.477. The number of aromatic nitrogens is 3. The van der Waals surface area contributed by atoms with Gasteiger partial charge in [0, 0.05) is 34.4 Å². The number of hydrogen-bond donors (Lipinski definition) is 1. The summed E-state index contributed by atoms with van der Waals surface area (Å²) in [6.07, 6.45) is 1.75. The van der Waals surface area contributed by atoms with E-state index in [9.17, 15) is 9.00 Å². The molecule has 158 valence electrons. The van der Waals surface area contributed by atoms with Crippen LogP contribution in [-0.2, 0) is 15.6 Å². The predicted molar refractivity (Wildman–Crippen MR) is 121 cm³/mol. The number of nitrogens with one attached hydrogen (secondary N) is 1. The van der Waals surface area contributed by atoms with Crippen molar-refractivity contribution in [3.63, 3.8) is 0 Å². The maximum atomic E-state index is 12.3. The lowest BCUT2D eigenvalue weighted by molar-refractivity contribution is -0.114. The van der Waals surface area contributed by atoms with Gasteiger partial charge in [0.15, 0.2) is 5.65 Å². The molecule has 2 aromatic carbocycles. The molecule has 0 spiro atoms. The highest BCUT2D eigenvalue weighted by molar-refractivity contribution is 7.85. The summed E-state index contributed by atoms with van der Waals surface area (Å²) in [4.78, 5) is 16.4. The topological polar surface area (TPSA) is 85.6 Å². The molecule has 31 heavy (non-hydrogen) atoms. The first-order valence-electron chi connectivity index (χ1n) is 9.82. The van der Waals surface area contributed by atoms with E-state index >= 15 is 0 Å². The van der Waals surface area contributed by atoms with Crippen molar-refractivity contribution < 1.29 is 13.7 Å². The molecule has 0 aliphatic carbocycles. The van der Waals surface area contributed by atoms with E-state index in [-0.39, 0.29) is 11.2 Å². The Balaban J connectivity index is 1.59. The zero-order valence-electron chi connectivity index (χ0n) is 17.4. The van der Waals surface area contributed by atoms with E-state index < -0.39 is 10.8 Å². The molecule has 0 fully saturated rings. The lowest BCUT2D eigenvalue weighted by Gasteiger charge is -2.08. The Bertz CT molecular complexity index is 1250. The molecule has 1 atom stereocenters. The van der Waals surface area contributed by atoms with Crippen LogP contribution in [0.5, 0.6) is 11.6 Å². The SMILES string of the molecule is CC(=O)Nc1ccc(Oc2ccc3ncc(-c4ccc(S(=O)C(C)C)cc4)n3n2)cc1. The summed E-state index contributed by atoms with van der Waals surface area (Å²) >= 11 is 0. The fourth-order valence-corrected chi connectivity index (χ4v) is 4.02. The van der Waals surface area contributed by atoms with Crippen molar-refractivity contribution in [2.75, 3.05) is 5.32 Å². The summed E-state index contributed by atoms with van der Waals surface area (Å²) in [6.45, 7) is 5.34. The van der Waals surface area contributed by atoms with Crippen molar-refractivity contribution in [1.82, 2.24) is 14.6 Å². The summed E-state index contributed by atoms with van der Waals surface area (Å²) in [7, 11) is -1.03. The van der Waals surface area contributed by atoms with Crippen molar-refractivity contribution in [3.8, 4) is 22.9 Å². The predicted octanol–water partition coefficient (Wildman–Crippen LogP) is 4.66. The van der Waals surface area contributed by atoms with Gasteiger partial charge in [-0.25, -0.2) is 9.50 Å². The molecule has 4 aromatic rings. The standard InChI is InChI=1S/C23H22N4O3S/c1-15(2)31(29)20-10-4-17(5-11-20)21-14-24-22-12-13-23(26-27(21)22)30-19-8-6-18(7-9-19)25-16(3)28/h4-15H,1-3H3,(H,25,28). The molecule has 0 saturated heterocycles. The third-order valence-corrected chi connectivity index (χ3v) is 6.14. The van der Waals surface area contributed by atoms with E-state index in [1.54, 1.807) is 41.0 Å². The second-order valence-electron chi connectivity index (χ2n) is 7.26. The second-order valence-corrected chi connectivity index (χ2v) is 9.27. The van der Waals surface area contributed by atoms with Crippen LogP contribution in [0.15, 0.2) is 71.8 Å². The fraction of sp³-hybridized carbons (Fsp3) is 0.174. The summed E-state index contributed by atoms with van der Waals surface area (Å²) < 4.78 is 19.9. The minimum atomic E-state index is -1.03. The molecular formula is C23H22N4O3S. The summed E-state index contributed by atoms with van der Waals surface area (Å²) in [6, 6.07) is 18.2. The van der Waals surface area contributed by atoms with E-state index in [1.165, 1.54) is 6.92 Å². The number of rotatable bonds is 6. The highest BCUT2D eigenvalue weighted by Gasteiger charge is 2.12.